The molecule has 5 nitrogen and oxygen atoms in total. The van der Waals surface area contributed by atoms with Gasteiger partial charge in [0.15, 0.2) is 0 Å². The lowest BCUT2D eigenvalue weighted by atomic mass is 9.87. The number of hydrogen-bond acceptors (Lipinski definition) is 3. The standard InChI is InChI=1S/C16H29N3O2.ClH/c17-12-16(8-4-5-9-16)19-15(21)11-18-14(20)10-13-6-2-1-3-7-13;/h13H,1-12,17H2,(H,18,20)(H,19,21);1H. The number of halogens is 1. The highest BCUT2D eigenvalue weighted by atomic mass is 35.5. The van der Waals surface area contributed by atoms with Crippen LogP contribution in [0.5, 0.6) is 0 Å². The molecular formula is C16H30ClN3O2. The minimum atomic E-state index is -0.231. The van der Waals surface area contributed by atoms with Crippen LogP contribution in [-0.2, 0) is 9.59 Å². The van der Waals surface area contributed by atoms with Crippen LogP contribution < -0.4 is 16.4 Å². The van der Waals surface area contributed by atoms with Gasteiger partial charge in [-0.05, 0) is 31.6 Å². The Morgan fingerprint density at radius 3 is 2.23 bits per heavy atom. The summed E-state index contributed by atoms with van der Waals surface area (Å²) in [7, 11) is 0. The van der Waals surface area contributed by atoms with Gasteiger partial charge < -0.3 is 16.4 Å². The lowest BCUT2D eigenvalue weighted by Crippen LogP contribution is -2.54. The molecule has 0 aliphatic heterocycles. The monoisotopic (exact) mass is 331 g/mol. The van der Waals surface area contributed by atoms with Crippen LogP contribution in [0, 0.1) is 5.92 Å². The van der Waals surface area contributed by atoms with Crippen LogP contribution in [0.2, 0.25) is 0 Å². The van der Waals surface area contributed by atoms with Crippen molar-refractivity contribution in [3.63, 3.8) is 0 Å². The van der Waals surface area contributed by atoms with Crippen LogP contribution in [0.3, 0.4) is 0 Å². The largest absolute Gasteiger partial charge is 0.348 e. The lowest BCUT2D eigenvalue weighted by Gasteiger charge is -2.28. The first kappa shape index (κ1) is 19.2. The van der Waals surface area contributed by atoms with E-state index in [0.717, 1.165) is 38.5 Å². The molecule has 4 N–H and O–H groups in total. The molecule has 0 bridgehead atoms. The number of nitrogens with one attached hydrogen (secondary N) is 2. The molecule has 0 spiro atoms. The van der Waals surface area contributed by atoms with Crippen LogP contribution in [0.25, 0.3) is 0 Å². The van der Waals surface area contributed by atoms with E-state index in [1.165, 1.54) is 19.3 Å². The van der Waals surface area contributed by atoms with Gasteiger partial charge in [-0.25, -0.2) is 0 Å². The Kier molecular flexibility index (Phi) is 8.18. The number of hydrogen-bond donors (Lipinski definition) is 3. The molecule has 22 heavy (non-hydrogen) atoms. The molecular weight excluding hydrogens is 302 g/mol. The highest BCUT2D eigenvalue weighted by molar-refractivity contribution is 5.85. The molecule has 0 aromatic heterocycles. The maximum atomic E-state index is 12.0. The molecule has 128 valence electrons. The zero-order chi connectivity index (χ0) is 15.1. The van der Waals surface area contributed by atoms with Crippen molar-refractivity contribution in [3.05, 3.63) is 0 Å². The Morgan fingerprint density at radius 2 is 1.64 bits per heavy atom. The van der Waals surface area contributed by atoms with Crippen molar-refractivity contribution < 1.29 is 9.59 Å². The topological polar surface area (TPSA) is 84.2 Å². The van der Waals surface area contributed by atoms with Crippen molar-refractivity contribution >= 4 is 24.2 Å². The summed E-state index contributed by atoms with van der Waals surface area (Å²) in [5.41, 5.74) is 5.56. The summed E-state index contributed by atoms with van der Waals surface area (Å²) in [6.07, 6.45) is 10.8. The third-order valence-corrected chi connectivity index (χ3v) is 5.00. The van der Waals surface area contributed by atoms with Crippen LogP contribution in [-0.4, -0.2) is 30.4 Å². The number of amides is 2. The van der Waals surface area contributed by atoms with Crippen molar-refractivity contribution in [2.45, 2.75) is 69.7 Å². The third-order valence-electron chi connectivity index (χ3n) is 5.00. The van der Waals surface area contributed by atoms with E-state index in [1.54, 1.807) is 0 Å². The quantitative estimate of drug-likeness (QED) is 0.694. The molecule has 0 unspecified atom stereocenters. The first-order valence-electron chi connectivity index (χ1n) is 8.41. The second-order valence-electron chi connectivity index (χ2n) is 6.72. The second kappa shape index (κ2) is 9.36. The van der Waals surface area contributed by atoms with E-state index in [-0.39, 0.29) is 36.3 Å². The molecule has 2 fully saturated rings. The van der Waals surface area contributed by atoms with Crippen molar-refractivity contribution in [2.24, 2.45) is 11.7 Å². The van der Waals surface area contributed by atoms with Crippen LogP contribution in [0.15, 0.2) is 0 Å². The predicted molar refractivity (Wildman–Crippen MR) is 89.8 cm³/mol. The second-order valence-corrected chi connectivity index (χ2v) is 6.72. The molecule has 2 aliphatic carbocycles. The molecule has 0 heterocycles. The predicted octanol–water partition coefficient (Wildman–Crippen LogP) is 1.88. The van der Waals surface area contributed by atoms with Crippen molar-refractivity contribution in [3.8, 4) is 0 Å². The molecule has 0 saturated heterocycles. The number of carbonyl (C=O) groups excluding carboxylic acids is 2. The summed E-state index contributed by atoms with van der Waals surface area (Å²) in [5.74, 6) is 0.400. The Balaban J connectivity index is 0.00000242. The normalized spacial score (nSPS) is 21.0. The van der Waals surface area contributed by atoms with Gasteiger partial charge in [0.05, 0.1) is 12.1 Å². The maximum Gasteiger partial charge on any atom is 0.239 e. The molecule has 2 rings (SSSR count). The Hall–Kier alpha value is -0.810. The van der Waals surface area contributed by atoms with Gasteiger partial charge in [-0.2, -0.15) is 0 Å². The summed E-state index contributed by atoms with van der Waals surface area (Å²) in [6, 6.07) is 0. The fourth-order valence-electron chi connectivity index (χ4n) is 3.68. The fourth-order valence-corrected chi connectivity index (χ4v) is 3.68. The van der Waals surface area contributed by atoms with Crippen LogP contribution >= 0.6 is 12.4 Å². The number of carbonyl (C=O) groups is 2. The molecule has 0 aromatic rings. The van der Waals surface area contributed by atoms with Crippen molar-refractivity contribution in [1.29, 1.82) is 0 Å². The highest BCUT2D eigenvalue weighted by Gasteiger charge is 2.33. The summed E-state index contributed by atoms with van der Waals surface area (Å²) < 4.78 is 0. The average Bonchev–Trinajstić information content (AvgIpc) is 2.95. The first-order chi connectivity index (χ1) is 10.1. The van der Waals surface area contributed by atoms with E-state index in [1.807, 2.05) is 0 Å². The Labute approximate surface area is 139 Å². The van der Waals surface area contributed by atoms with Gasteiger partial charge in [-0.15, -0.1) is 12.4 Å². The molecule has 6 heteroatoms. The molecule has 2 saturated carbocycles. The zero-order valence-electron chi connectivity index (χ0n) is 13.4. The highest BCUT2D eigenvalue weighted by Crippen LogP contribution is 2.28. The van der Waals surface area contributed by atoms with E-state index in [4.69, 9.17) is 5.73 Å². The van der Waals surface area contributed by atoms with Gasteiger partial charge in [0.2, 0.25) is 11.8 Å². The number of rotatable bonds is 6. The minimum absolute atomic E-state index is 0. The third kappa shape index (κ3) is 5.76. The summed E-state index contributed by atoms with van der Waals surface area (Å²) in [5, 5.41) is 5.78. The van der Waals surface area contributed by atoms with Crippen LogP contribution in [0.1, 0.15) is 64.2 Å². The van der Waals surface area contributed by atoms with E-state index < -0.39 is 0 Å². The maximum absolute atomic E-state index is 12.0. The van der Waals surface area contributed by atoms with E-state index in [2.05, 4.69) is 10.6 Å². The first-order valence-corrected chi connectivity index (χ1v) is 8.41. The van der Waals surface area contributed by atoms with Gasteiger partial charge in [-0.3, -0.25) is 9.59 Å². The summed E-state index contributed by atoms with van der Waals surface area (Å²) in [6.45, 7) is 0.558. The van der Waals surface area contributed by atoms with Gasteiger partial charge >= 0.3 is 0 Å². The summed E-state index contributed by atoms with van der Waals surface area (Å²) >= 11 is 0. The SMILES string of the molecule is Cl.NCC1(NC(=O)CNC(=O)CC2CCCCC2)CCCC1. The molecule has 2 aliphatic rings. The lowest BCUT2D eigenvalue weighted by molar-refractivity contribution is -0.127. The molecule has 0 aromatic carbocycles. The smallest absolute Gasteiger partial charge is 0.239 e. The Morgan fingerprint density at radius 1 is 1.00 bits per heavy atom. The molecule has 0 atom stereocenters. The van der Waals surface area contributed by atoms with Gasteiger partial charge in [-0.1, -0.05) is 32.1 Å². The van der Waals surface area contributed by atoms with Gasteiger partial charge in [0.25, 0.3) is 0 Å². The minimum Gasteiger partial charge on any atom is -0.348 e. The van der Waals surface area contributed by atoms with E-state index in [9.17, 15) is 9.59 Å². The number of nitrogens with two attached hydrogens (primary N) is 1. The van der Waals surface area contributed by atoms with Crippen LogP contribution in [0.4, 0.5) is 0 Å². The van der Waals surface area contributed by atoms with Gasteiger partial charge in [0.1, 0.15) is 0 Å². The molecule has 0 radical (unpaired) electrons. The summed E-state index contributed by atoms with van der Waals surface area (Å²) in [4.78, 5) is 23.9. The fraction of sp³-hybridized carbons (Fsp3) is 0.875. The van der Waals surface area contributed by atoms with Crippen molar-refractivity contribution in [1.82, 2.24) is 10.6 Å². The van der Waals surface area contributed by atoms with E-state index in [0.29, 0.717) is 18.9 Å². The molecule has 2 amide bonds. The van der Waals surface area contributed by atoms with E-state index >= 15 is 0 Å². The zero-order valence-corrected chi connectivity index (χ0v) is 14.2. The van der Waals surface area contributed by atoms with Crippen molar-refractivity contribution in [2.75, 3.05) is 13.1 Å². The average molecular weight is 332 g/mol. The Bertz CT molecular complexity index is 364. The van der Waals surface area contributed by atoms with Gasteiger partial charge in [0, 0.05) is 13.0 Å².